The molecule has 1 atom stereocenters. The zero-order valence-electron chi connectivity index (χ0n) is 34.3. The van der Waals surface area contributed by atoms with Crippen LogP contribution in [0.4, 0.5) is 5.69 Å². The molecule has 2 aromatic carbocycles. The van der Waals surface area contributed by atoms with Gasteiger partial charge in [-0.25, -0.2) is 0 Å². The normalized spacial score (nSPS) is 27.1. The van der Waals surface area contributed by atoms with E-state index in [4.69, 9.17) is 34.1 Å². The van der Waals surface area contributed by atoms with Gasteiger partial charge in [0.05, 0.1) is 27.2 Å². The third kappa shape index (κ3) is 6.69. The lowest BCUT2D eigenvalue weighted by Gasteiger charge is -2.35. The molecule has 7 heteroatoms. The van der Waals surface area contributed by atoms with Crippen LogP contribution >= 0.6 is 0 Å². The third-order valence-corrected chi connectivity index (χ3v) is 4.20. The summed E-state index contributed by atoms with van der Waals surface area (Å²) in [5, 5.41) is 12.7. The van der Waals surface area contributed by atoms with Gasteiger partial charge < -0.3 is 19.9 Å². The van der Waals surface area contributed by atoms with Crippen molar-refractivity contribution in [1.82, 2.24) is 9.80 Å². The summed E-state index contributed by atoms with van der Waals surface area (Å²) in [5.41, 5.74) is -3.16. The number of nitrogens with zero attached hydrogens (tertiary/aromatic N) is 2. The van der Waals surface area contributed by atoms with E-state index in [-0.39, 0.29) is 0 Å². The Balaban J connectivity index is 1.82. The zero-order chi connectivity index (χ0) is 37.7. The first-order valence-electron chi connectivity index (χ1n) is 18.1. The number of carbonyl (C=O) groups is 1. The molecule has 3 rings (SSSR count). The van der Waals surface area contributed by atoms with Crippen LogP contribution in [0.5, 0.6) is 11.5 Å². The molecule has 0 bridgehead atoms. The molecule has 2 N–H and O–H groups in total. The zero-order valence-corrected chi connectivity index (χ0v) is 16.3. The number of amides is 1. The van der Waals surface area contributed by atoms with Gasteiger partial charge in [-0.3, -0.25) is 14.6 Å². The maximum Gasteiger partial charge on any atom is 0.238 e. The molecule has 168 valence electrons. The molecule has 7 nitrogen and oxygen atoms in total. The monoisotopic (exact) mass is 445 g/mol. The Morgan fingerprint density at radius 1 is 1.19 bits per heavy atom. The van der Waals surface area contributed by atoms with Crippen LogP contribution in [-0.4, -0.2) is 79.7 Å². The second kappa shape index (κ2) is 11.1. The number of carbonyl (C=O) groups excluding carboxylic acids is 1. The quantitative estimate of drug-likeness (QED) is 0.617. The molecule has 0 aliphatic carbocycles. The van der Waals surface area contributed by atoms with Gasteiger partial charge in [0.15, 0.2) is 11.5 Å². The summed E-state index contributed by atoms with van der Waals surface area (Å²) >= 11 is 0. The van der Waals surface area contributed by atoms with E-state index in [1.807, 2.05) is 5.32 Å². The average molecular weight is 446 g/mol. The first-order chi connectivity index (χ1) is 22.0. The number of hydrogen-bond acceptors (Lipinski definition) is 6. The highest BCUT2D eigenvalue weighted by Crippen LogP contribution is 2.25. The van der Waals surface area contributed by atoms with Crippen LogP contribution < -0.4 is 14.8 Å². The predicted molar refractivity (Wildman–Crippen MR) is 122 cm³/mol. The van der Waals surface area contributed by atoms with Gasteiger partial charge in [-0.05, 0) is 37.0 Å². The van der Waals surface area contributed by atoms with Crippen LogP contribution in [0.15, 0.2) is 42.4 Å². The standard InChI is InChI=1S/C24H33N3O4/c1-18-7-6-8-19(2)24(18)25-23(29)16-27-13-11-26(12-14-27)15-20(28)17-31-22-10-5-4-9-21(22)30-3/h4-10,20,28H,11-17H2,1-3H3,(H,25,29)/i1D3,2D3,3D3,6D,7D,8D,15D2,16D2,17D2. The Bertz CT molecular complexity index is 1490. The number of aliphatic hydroxyl groups excluding tert-OH is 1. The molecular weight excluding hydrogens is 394 g/mol. The van der Waals surface area contributed by atoms with Gasteiger partial charge in [0, 0.05) is 49.3 Å². The van der Waals surface area contributed by atoms with Crippen LogP contribution in [0.1, 0.15) is 35.8 Å². The Kier molecular flexibility index (Phi) is 3.27. The number of aliphatic hydroxyl groups is 1. The topological polar surface area (TPSA) is 74.3 Å². The number of para-hydroxylation sites is 3. The molecule has 1 heterocycles. The van der Waals surface area contributed by atoms with E-state index in [2.05, 4.69) is 0 Å². The van der Waals surface area contributed by atoms with Gasteiger partial charge in [-0.15, -0.1) is 0 Å². The largest absolute Gasteiger partial charge is 0.493 e. The molecular formula is C24H33N3O4. The predicted octanol–water partition coefficient (Wildman–Crippen LogP) is 2.31. The summed E-state index contributed by atoms with van der Waals surface area (Å²) in [6.07, 6.45) is -2.54. The van der Waals surface area contributed by atoms with E-state index in [9.17, 15) is 9.90 Å². The van der Waals surface area contributed by atoms with Crippen molar-refractivity contribution in [3.05, 3.63) is 53.5 Å². The summed E-state index contributed by atoms with van der Waals surface area (Å²) in [6.45, 7) is -17.3. The summed E-state index contributed by atoms with van der Waals surface area (Å²) < 4.78 is 153. The first kappa shape index (κ1) is 9.10. The highest BCUT2D eigenvalue weighted by atomic mass is 16.5. The van der Waals surface area contributed by atoms with E-state index >= 15 is 0 Å². The number of nitrogens with one attached hydrogen (secondary N) is 1. The number of β-amino-alcohol motifs (C(OH)–C–C–N with tert-alkyl or cyclic N) is 1. The number of ether oxygens (including phenoxy) is 2. The number of methoxy groups -OCH3 is 1. The molecule has 1 fully saturated rings. The fraction of sp³-hybridized carbons (Fsp3) is 0.458. The Morgan fingerprint density at radius 3 is 2.55 bits per heavy atom. The molecule has 0 saturated carbocycles. The molecule has 31 heavy (non-hydrogen) atoms. The van der Waals surface area contributed by atoms with Crippen molar-refractivity contribution in [2.24, 2.45) is 0 Å². The first-order valence-corrected chi connectivity index (χ1v) is 9.15. The fourth-order valence-electron chi connectivity index (χ4n) is 2.70. The maximum atomic E-state index is 13.3. The van der Waals surface area contributed by atoms with E-state index < -0.39 is 125 Å². The smallest absolute Gasteiger partial charge is 0.238 e. The van der Waals surface area contributed by atoms with E-state index in [1.165, 1.54) is 12.1 Å². The van der Waals surface area contributed by atoms with E-state index in [1.54, 1.807) is 0 Å². The fourth-order valence-corrected chi connectivity index (χ4v) is 2.70. The van der Waals surface area contributed by atoms with Crippen molar-refractivity contribution in [2.45, 2.75) is 19.8 Å². The van der Waals surface area contributed by atoms with Crippen molar-refractivity contribution in [1.29, 1.82) is 0 Å². The number of benzene rings is 2. The minimum Gasteiger partial charge on any atom is -0.493 e. The van der Waals surface area contributed by atoms with Gasteiger partial charge in [-0.1, -0.05) is 30.3 Å². The molecule has 0 radical (unpaired) electrons. The van der Waals surface area contributed by atoms with E-state index in [0.29, 0.717) is 0 Å². The molecule has 1 unspecified atom stereocenters. The van der Waals surface area contributed by atoms with Crippen molar-refractivity contribution < 1.29 is 44.0 Å². The summed E-state index contributed by atoms with van der Waals surface area (Å²) in [6, 6.07) is 1.92. The average Bonchev–Trinajstić information content (AvgIpc) is 2.94. The second-order valence-electron chi connectivity index (χ2n) is 6.34. The molecule has 2 aromatic rings. The maximum absolute atomic E-state index is 13.3. The highest BCUT2D eigenvalue weighted by molar-refractivity contribution is 5.93. The molecule has 1 amide bonds. The van der Waals surface area contributed by atoms with Gasteiger partial charge in [-0.2, -0.15) is 0 Å². The van der Waals surface area contributed by atoms with Gasteiger partial charge in [0.1, 0.15) is 12.7 Å². The lowest BCUT2D eigenvalue weighted by Crippen LogP contribution is -2.50. The Morgan fingerprint density at radius 2 is 1.87 bits per heavy atom. The second-order valence-corrected chi connectivity index (χ2v) is 6.34. The van der Waals surface area contributed by atoms with Gasteiger partial charge >= 0.3 is 0 Å². The molecule has 1 saturated heterocycles. The molecule has 1 aliphatic heterocycles. The van der Waals surface area contributed by atoms with Crippen LogP contribution in [0.3, 0.4) is 0 Å². The molecule has 1 aliphatic rings. The molecule has 0 aromatic heterocycles. The summed E-state index contributed by atoms with van der Waals surface area (Å²) in [4.78, 5) is 15.1. The number of piperazine rings is 1. The lowest BCUT2D eigenvalue weighted by atomic mass is 10.1. The summed E-state index contributed by atoms with van der Waals surface area (Å²) in [5.74, 6) is -2.43. The third-order valence-electron chi connectivity index (χ3n) is 4.20. The van der Waals surface area contributed by atoms with Crippen LogP contribution in [0.2, 0.25) is 0 Å². The van der Waals surface area contributed by atoms with Crippen molar-refractivity contribution in [3.63, 3.8) is 0 Å². The Labute approximate surface area is 209 Å². The summed E-state index contributed by atoms with van der Waals surface area (Å²) in [7, 11) is -2.93. The van der Waals surface area contributed by atoms with Crippen molar-refractivity contribution in [3.8, 4) is 11.5 Å². The highest BCUT2D eigenvalue weighted by Gasteiger charge is 2.21. The Hall–Kier alpha value is -2.61. The van der Waals surface area contributed by atoms with Crippen LogP contribution in [0.25, 0.3) is 0 Å². The van der Waals surface area contributed by atoms with Crippen molar-refractivity contribution in [2.75, 3.05) is 58.1 Å². The minimum atomic E-state index is -3.26. The SMILES string of the molecule is [2H]c1c([2H])c(C([2H])([2H])[2H])c(NC(=O)C([2H])([2H])N2CCN(C([2H])([2H])C(O)C([2H])([2H])Oc3ccccc3OC([2H])([2H])[2H])CC2)c(C([2H])([2H])[2H])c1[2H]. The van der Waals surface area contributed by atoms with Crippen LogP contribution in [-0.2, 0) is 4.79 Å². The molecule has 0 spiro atoms. The van der Waals surface area contributed by atoms with Crippen molar-refractivity contribution >= 4 is 11.6 Å². The van der Waals surface area contributed by atoms with E-state index in [0.717, 1.165) is 21.9 Å². The minimum absolute atomic E-state index is 0.404. The lowest BCUT2D eigenvalue weighted by molar-refractivity contribution is -0.117. The number of hydrogen-bond donors (Lipinski definition) is 2. The van der Waals surface area contributed by atoms with Gasteiger partial charge in [0.25, 0.3) is 0 Å². The van der Waals surface area contributed by atoms with Gasteiger partial charge in [0.2, 0.25) is 5.91 Å². The van der Waals surface area contributed by atoms with Crippen LogP contribution in [0, 0.1) is 13.7 Å². The number of anilines is 1. The number of rotatable bonds is 9.